The number of aryl methyl sites for hydroxylation is 1. The van der Waals surface area contributed by atoms with Gasteiger partial charge in [-0.2, -0.15) is 0 Å². The van der Waals surface area contributed by atoms with Gasteiger partial charge in [-0.05, 0) is 49.7 Å². The number of oxazole rings is 1. The molecular weight excluding hydrogens is 416 g/mol. The van der Waals surface area contributed by atoms with E-state index in [9.17, 15) is 25.0 Å². The second-order valence-corrected chi connectivity index (χ2v) is 7.18. The number of amides is 1. The highest BCUT2D eigenvalue weighted by atomic mass is 16.6. The largest absolute Gasteiger partial charge is 0.436 e. The highest BCUT2D eigenvalue weighted by Crippen LogP contribution is 2.30. The Kier molecular flexibility index (Phi) is 5.11. The first-order valence-corrected chi connectivity index (χ1v) is 9.45. The lowest BCUT2D eigenvalue weighted by Crippen LogP contribution is -2.13. The molecule has 0 fully saturated rings. The Morgan fingerprint density at radius 1 is 0.969 bits per heavy atom. The molecule has 10 heteroatoms. The van der Waals surface area contributed by atoms with Gasteiger partial charge < -0.3 is 9.73 Å². The highest BCUT2D eigenvalue weighted by molar-refractivity contribution is 6.05. The Bertz CT molecular complexity index is 1370. The molecule has 0 spiro atoms. The van der Waals surface area contributed by atoms with Crippen molar-refractivity contribution in [2.45, 2.75) is 13.8 Å². The van der Waals surface area contributed by atoms with E-state index in [0.29, 0.717) is 28.2 Å². The molecule has 0 radical (unpaired) electrons. The molecule has 0 atom stereocenters. The van der Waals surface area contributed by atoms with Crippen LogP contribution in [-0.2, 0) is 0 Å². The molecule has 1 amide bonds. The summed E-state index contributed by atoms with van der Waals surface area (Å²) >= 11 is 0. The van der Waals surface area contributed by atoms with Crippen molar-refractivity contribution in [3.05, 3.63) is 91.5 Å². The summed E-state index contributed by atoms with van der Waals surface area (Å²) in [5.41, 5.74) is 2.03. The third-order valence-electron chi connectivity index (χ3n) is 4.92. The van der Waals surface area contributed by atoms with Crippen LogP contribution in [0, 0.1) is 34.1 Å². The van der Waals surface area contributed by atoms with E-state index in [1.807, 2.05) is 25.1 Å². The zero-order valence-electron chi connectivity index (χ0n) is 17.0. The minimum absolute atomic E-state index is 0.121. The molecule has 32 heavy (non-hydrogen) atoms. The quantitative estimate of drug-likeness (QED) is 0.338. The molecule has 160 valence electrons. The number of nitro groups is 2. The molecule has 10 nitrogen and oxygen atoms in total. The van der Waals surface area contributed by atoms with Crippen LogP contribution in [0.2, 0.25) is 0 Å². The predicted octanol–water partition coefficient (Wildman–Crippen LogP) is 5.18. The van der Waals surface area contributed by atoms with Gasteiger partial charge in [-0.1, -0.05) is 12.1 Å². The van der Waals surface area contributed by atoms with Crippen LogP contribution in [0.15, 0.2) is 59.0 Å². The summed E-state index contributed by atoms with van der Waals surface area (Å²) in [6, 6.07) is 14.4. The highest BCUT2D eigenvalue weighted by Gasteiger charge is 2.25. The number of nitrogens with one attached hydrogen (secondary N) is 1. The van der Waals surface area contributed by atoms with Gasteiger partial charge in [0.05, 0.1) is 15.4 Å². The van der Waals surface area contributed by atoms with Gasteiger partial charge in [0.15, 0.2) is 5.58 Å². The number of rotatable bonds is 5. The van der Waals surface area contributed by atoms with Gasteiger partial charge >= 0.3 is 0 Å². The number of carbonyl (C=O) groups is 1. The molecule has 0 bridgehead atoms. The number of anilines is 1. The lowest BCUT2D eigenvalue weighted by Gasteiger charge is -2.07. The first-order valence-electron chi connectivity index (χ1n) is 9.45. The van der Waals surface area contributed by atoms with Crippen molar-refractivity contribution in [2.24, 2.45) is 0 Å². The number of aromatic nitrogens is 1. The summed E-state index contributed by atoms with van der Waals surface area (Å²) in [6.45, 7) is 3.22. The molecule has 1 heterocycles. The van der Waals surface area contributed by atoms with Gasteiger partial charge in [0.2, 0.25) is 5.89 Å². The smallest absolute Gasteiger partial charge is 0.279 e. The third kappa shape index (κ3) is 3.88. The number of nitrogens with zero attached hydrogens (tertiary/aromatic N) is 3. The monoisotopic (exact) mass is 432 g/mol. The molecule has 0 unspecified atom stereocenters. The van der Waals surface area contributed by atoms with Crippen LogP contribution in [-0.4, -0.2) is 20.7 Å². The standard InChI is InChI=1S/C22H16N4O6/c1-12-6-7-20-17(8-12)24-22(32-20)14-4-3-5-16(9-14)23-21(27)15-10-18(25(28)29)13(2)19(11-15)26(30)31/h3-11H,1-2H3,(H,23,27). The number of hydrogen-bond acceptors (Lipinski definition) is 7. The summed E-state index contributed by atoms with van der Waals surface area (Å²) in [6.07, 6.45) is 0. The number of hydrogen-bond donors (Lipinski definition) is 1. The molecule has 0 aliphatic heterocycles. The van der Waals surface area contributed by atoms with Crippen molar-refractivity contribution in [2.75, 3.05) is 5.32 Å². The maximum Gasteiger partial charge on any atom is 0.279 e. The van der Waals surface area contributed by atoms with E-state index in [2.05, 4.69) is 10.3 Å². The second kappa shape index (κ2) is 7.91. The topological polar surface area (TPSA) is 141 Å². The molecule has 0 saturated carbocycles. The van der Waals surface area contributed by atoms with Gasteiger partial charge in [0, 0.05) is 23.4 Å². The van der Waals surface area contributed by atoms with Crippen LogP contribution in [0.25, 0.3) is 22.6 Å². The van der Waals surface area contributed by atoms with Crippen LogP contribution in [0.5, 0.6) is 0 Å². The van der Waals surface area contributed by atoms with Crippen molar-refractivity contribution in [1.82, 2.24) is 4.98 Å². The zero-order valence-corrected chi connectivity index (χ0v) is 17.0. The Morgan fingerprint density at radius 3 is 2.31 bits per heavy atom. The average molecular weight is 432 g/mol. The van der Waals surface area contributed by atoms with Gasteiger partial charge in [-0.25, -0.2) is 4.98 Å². The van der Waals surface area contributed by atoms with Crippen molar-refractivity contribution in [1.29, 1.82) is 0 Å². The molecule has 0 aliphatic rings. The number of carbonyl (C=O) groups excluding carboxylic acids is 1. The van der Waals surface area contributed by atoms with E-state index < -0.39 is 27.1 Å². The molecule has 3 aromatic carbocycles. The van der Waals surface area contributed by atoms with E-state index in [1.54, 1.807) is 24.3 Å². The number of nitro benzene ring substituents is 2. The Labute approximate surface area is 180 Å². The van der Waals surface area contributed by atoms with Crippen LogP contribution >= 0.6 is 0 Å². The molecule has 4 aromatic rings. The summed E-state index contributed by atoms with van der Waals surface area (Å²) in [4.78, 5) is 38.2. The van der Waals surface area contributed by atoms with Gasteiger partial charge in [-0.3, -0.25) is 25.0 Å². The zero-order chi connectivity index (χ0) is 23.0. The summed E-state index contributed by atoms with van der Waals surface area (Å²) in [5.74, 6) is -0.357. The van der Waals surface area contributed by atoms with Crippen LogP contribution in [0.1, 0.15) is 21.5 Å². The maximum atomic E-state index is 12.7. The van der Waals surface area contributed by atoms with E-state index in [1.165, 1.54) is 6.92 Å². The first-order chi connectivity index (χ1) is 15.2. The van der Waals surface area contributed by atoms with Crippen LogP contribution in [0.3, 0.4) is 0 Å². The number of fused-ring (bicyclic) bond motifs is 1. The Morgan fingerprint density at radius 2 is 1.66 bits per heavy atom. The Hall–Kier alpha value is -4.60. The molecule has 1 aromatic heterocycles. The van der Waals surface area contributed by atoms with E-state index in [4.69, 9.17) is 4.42 Å². The molecule has 4 rings (SSSR count). The fraction of sp³-hybridized carbons (Fsp3) is 0.0909. The first kappa shape index (κ1) is 20.7. The number of benzene rings is 3. The molecule has 1 N–H and O–H groups in total. The Balaban J connectivity index is 1.65. The lowest BCUT2D eigenvalue weighted by molar-refractivity contribution is -0.395. The predicted molar refractivity (Wildman–Crippen MR) is 117 cm³/mol. The van der Waals surface area contributed by atoms with E-state index >= 15 is 0 Å². The van der Waals surface area contributed by atoms with Crippen molar-refractivity contribution in [3.8, 4) is 11.5 Å². The minimum Gasteiger partial charge on any atom is -0.436 e. The van der Waals surface area contributed by atoms with E-state index in [0.717, 1.165) is 17.7 Å². The van der Waals surface area contributed by atoms with E-state index in [-0.39, 0.29) is 11.1 Å². The van der Waals surface area contributed by atoms with Gasteiger partial charge in [0.25, 0.3) is 17.3 Å². The van der Waals surface area contributed by atoms with Crippen molar-refractivity contribution >= 4 is 34.1 Å². The lowest BCUT2D eigenvalue weighted by atomic mass is 10.1. The van der Waals surface area contributed by atoms with Crippen LogP contribution < -0.4 is 5.32 Å². The van der Waals surface area contributed by atoms with Gasteiger partial charge in [-0.15, -0.1) is 0 Å². The van der Waals surface area contributed by atoms with Crippen molar-refractivity contribution < 1.29 is 19.1 Å². The van der Waals surface area contributed by atoms with Gasteiger partial charge in [0.1, 0.15) is 11.1 Å². The second-order valence-electron chi connectivity index (χ2n) is 7.18. The summed E-state index contributed by atoms with van der Waals surface area (Å²) < 4.78 is 5.78. The van der Waals surface area contributed by atoms with Crippen LogP contribution in [0.4, 0.5) is 17.1 Å². The summed E-state index contributed by atoms with van der Waals surface area (Å²) in [5, 5.41) is 25.1. The van der Waals surface area contributed by atoms with Crippen molar-refractivity contribution in [3.63, 3.8) is 0 Å². The molecular formula is C22H16N4O6. The minimum atomic E-state index is -0.755. The fourth-order valence-electron chi connectivity index (χ4n) is 3.29. The average Bonchev–Trinajstić information content (AvgIpc) is 3.17. The normalized spacial score (nSPS) is 10.8. The SMILES string of the molecule is Cc1ccc2oc(-c3cccc(NC(=O)c4cc([N+](=O)[O-])c(C)c([N+](=O)[O-])c4)c3)nc2c1. The molecule has 0 aliphatic carbocycles. The fourth-order valence-corrected chi connectivity index (χ4v) is 3.29. The maximum absolute atomic E-state index is 12.7. The summed E-state index contributed by atoms with van der Waals surface area (Å²) in [7, 11) is 0. The third-order valence-corrected chi connectivity index (χ3v) is 4.92. The molecule has 0 saturated heterocycles.